The second kappa shape index (κ2) is 10.0. The fourth-order valence-corrected chi connectivity index (χ4v) is 11.6. The molecule has 2 bridgehead atoms. The van der Waals surface area contributed by atoms with E-state index < -0.39 is 11.0 Å². The highest BCUT2D eigenvalue weighted by molar-refractivity contribution is 6.10. The molecule has 8 unspecified atom stereocenters. The highest BCUT2D eigenvalue weighted by Gasteiger charge is 2.74. The van der Waals surface area contributed by atoms with Crippen LogP contribution in [0.4, 0.5) is 5.69 Å². The van der Waals surface area contributed by atoms with Crippen LogP contribution in [-0.4, -0.2) is 70.4 Å². The molecule has 3 N–H and O–H groups in total. The molecule has 9 rings (SSSR count). The van der Waals surface area contributed by atoms with E-state index in [1.165, 1.54) is 0 Å². The minimum absolute atomic E-state index is 0.0250. The van der Waals surface area contributed by atoms with Crippen LogP contribution in [0.5, 0.6) is 5.75 Å². The van der Waals surface area contributed by atoms with Crippen molar-refractivity contribution in [3.8, 4) is 5.75 Å². The first-order chi connectivity index (χ1) is 21.6. The number of fused-ring (bicyclic) bond motifs is 1. The van der Waals surface area contributed by atoms with E-state index in [0.29, 0.717) is 24.6 Å². The van der Waals surface area contributed by atoms with Crippen LogP contribution in [0.3, 0.4) is 0 Å². The quantitative estimate of drug-likeness (QED) is 0.286. The van der Waals surface area contributed by atoms with Crippen molar-refractivity contribution in [1.29, 1.82) is 0 Å². The molecule has 1 saturated heterocycles. The molecule has 2 aromatic rings. The van der Waals surface area contributed by atoms with Crippen molar-refractivity contribution in [2.24, 2.45) is 33.5 Å². The number of aliphatic hydroxyl groups is 2. The van der Waals surface area contributed by atoms with E-state index in [1.54, 1.807) is 6.07 Å². The van der Waals surface area contributed by atoms with Crippen molar-refractivity contribution < 1.29 is 20.1 Å². The van der Waals surface area contributed by atoms with E-state index in [0.717, 1.165) is 81.5 Å². The fourth-order valence-electron chi connectivity index (χ4n) is 11.6. The number of hydrogen-bond donors (Lipinski definition) is 3. The Morgan fingerprint density at radius 3 is 2.27 bits per heavy atom. The number of aromatic hydroxyl groups is 1. The van der Waals surface area contributed by atoms with E-state index in [1.807, 2.05) is 48.5 Å². The minimum Gasteiger partial charge on any atom is -0.506 e. The van der Waals surface area contributed by atoms with Gasteiger partial charge in [0.25, 0.3) is 0 Å². The van der Waals surface area contributed by atoms with Crippen LogP contribution in [0.2, 0.25) is 0 Å². The number of carbonyl (C=O) groups is 1. The smallest absolute Gasteiger partial charge is 0.189 e. The van der Waals surface area contributed by atoms with Crippen molar-refractivity contribution in [2.75, 3.05) is 37.6 Å². The number of phenolic OH excluding ortho intramolecular Hbond substituents is 1. The van der Waals surface area contributed by atoms with Gasteiger partial charge in [0.15, 0.2) is 5.78 Å². The van der Waals surface area contributed by atoms with Gasteiger partial charge in [-0.2, -0.15) is 0 Å². The molecule has 2 spiro atoms. The molecule has 6 aliphatic carbocycles. The summed E-state index contributed by atoms with van der Waals surface area (Å²) in [5.74, 6) is 0.899. The molecule has 1 heterocycles. The summed E-state index contributed by atoms with van der Waals surface area (Å²) in [4.78, 5) is 19.2. The Kier molecular flexibility index (Phi) is 6.57. The topological polar surface area (TPSA) is 84.2 Å². The largest absolute Gasteiger partial charge is 0.506 e. The zero-order valence-corrected chi connectivity index (χ0v) is 26.8. The van der Waals surface area contributed by atoms with Gasteiger partial charge in [-0.15, -0.1) is 0 Å². The van der Waals surface area contributed by atoms with Crippen LogP contribution in [0.15, 0.2) is 78.4 Å². The van der Waals surface area contributed by atoms with Crippen molar-refractivity contribution >= 4 is 11.5 Å². The van der Waals surface area contributed by atoms with Gasteiger partial charge < -0.3 is 20.2 Å². The summed E-state index contributed by atoms with van der Waals surface area (Å²) in [6.07, 6.45) is 12.8. The summed E-state index contributed by atoms with van der Waals surface area (Å²) in [6.45, 7) is 8.71. The number of phenols is 1. The number of nitrogens with zero attached hydrogens (tertiary/aromatic N) is 2. The molecular weight excluding hydrogens is 560 g/mol. The number of piperazine rings is 1. The number of aliphatic hydroxyl groups excluding tert-OH is 1. The monoisotopic (exact) mass is 608 g/mol. The van der Waals surface area contributed by atoms with E-state index >= 15 is 0 Å². The lowest BCUT2D eigenvalue weighted by Crippen LogP contribution is -2.67. The first kappa shape index (κ1) is 29.5. The maximum Gasteiger partial charge on any atom is 0.189 e. The number of carbonyl (C=O) groups excluding carboxylic acids is 1. The van der Waals surface area contributed by atoms with E-state index in [9.17, 15) is 20.1 Å². The Balaban J connectivity index is 1.13. The van der Waals surface area contributed by atoms with Gasteiger partial charge in [-0.1, -0.05) is 74.5 Å². The second-order valence-corrected chi connectivity index (χ2v) is 15.8. The molecule has 4 fully saturated rings. The van der Waals surface area contributed by atoms with Gasteiger partial charge in [0.1, 0.15) is 5.75 Å². The molecule has 6 nitrogen and oxygen atoms in total. The highest BCUT2D eigenvalue weighted by Crippen LogP contribution is 2.78. The molecule has 238 valence electrons. The number of rotatable bonds is 5. The Morgan fingerprint density at radius 1 is 0.844 bits per heavy atom. The fraction of sp³-hybridized carbons (Fsp3) is 0.564. The Morgan fingerprint density at radius 2 is 1.51 bits per heavy atom. The number of para-hydroxylation sites is 2. The molecule has 2 aromatic carbocycles. The summed E-state index contributed by atoms with van der Waals surface area (Å²) >= 11 is 0. The van der Waals surface area contributed by atoms with E-state index in [2.05, 4.69) is 41.9 Å². The van der Waals surface area contributed by atoms with Crippen molar-refractivity contribution in [3.05, 3.63) is 84.0 Å². The van der Waals surface area contributed by atoms with Gasteiger partial charge >= 0.3 is 0 Å². The second-order valence-electron chi connectivity index (χ2n) is 15.8. The first-order valence-corrected chi connectivity index (χ1v) is 17.2. The molecule has 6 heteroatoms. The Labute approximate surface area is 267 Å². The summed E-state index contributed by atoms with van der Waals surface area (Å²) < 4.78 is 0. The zero-order chi connectivity index (χ0) is 31.2. The average molecular weight is 609 g/mol. The molecule has 8 atom stereocenters. The van der Waals surface area contributed by atoms with E-state index in [4.69, 9.17) is 0 Å². The predicted molar refractivity (Wildman–Crippen MR) is 176 cm³/mol. The van der Waals surface area contributed by atoms with Gasteiger partial charge in [0.2, 0.25) is 0 Å². The first-order valence-electron chi connectivity index (χ1n) is 17.2. The van der Waals surface area contributed by atoms with Gasteiger partial charge in [-0.3, -0.25) is 9.69 Å². The average Bonchev–Trinajstić information content (AvgIpc) is 3.31. The SMILES string of the molecule is CC12CCC(O)CC13C=CC1(C(C(=O)c4ccccc4)=C3)C2CCC2(C)C1CCC2(O)CN1CCN(c2ccccc2O)CC1. The normalized spacial score (nSPS) is 42.1. The van der Waals surface area contributed by atoms with Crippen molar-refractivity contribution in [1.82, 2.24) is 4.90 Å². The molecule has 7 aliphatic rings. The lowest BCUT2D eigenvalue weighted by molar-refractivity contribution is -0.176. The maximum absolute atomic E-state index is 14.6. The predicted octanol–water partition coefficient (Wildman–Crippen LogP) is 5.99. The number of allylic oxidation sites excluding steroid dienone is 4. The molecule has 0 aromatic heterocycles. The molecule has 3 saturated carbocycles. The maximum atomic E-state index is 14.6. The summed E-state index contributed by atoms with van der Waals surface area (Å²) in [7, 11) is 0. The van der Waals surface area contributed by atoms with Crippen molar-refractivity contribution in [2.45, 2.75) is 70.5 Å². The van der Waals surface area contributed by atoms with Crippen LogP contribution in [-0.2, 0) is 0 Å². The number of hydrogen-bond acceptors (Lipinski definition) is 6. The third kappa shape index (κ3) is 3.94. The summed E-state index contributed by atoms with van der Waals surface area (Å²) in [5, 5.41) is 34.1. The number of benzene rings is 2. The van der Waals surface area contributed by atoms with Crippen LogP contribution >= 0.6 is 0 Å². The van der Waals surface area contributed by atoms with Crippen LogP contribution in [0, 0.1) is 33.5 Å². The van der Waals surface area contributed by atoms with Crippen LogP contribution in [0.25, 0.3) is 0 Å². The molecular formula is C39H48N2O4. The number of ketones is 1. The third-order valence-corrected chi connectivity index (χ3v) is 14.1. The Bertz CT molecular complexity index is 1560. The van der Waals surface area contributed by atoms with Crippen molar-refractivity contribution in [3.63, 3.8) is 0 Å². The Hall–Kier alpha value is -2.93. The number of anilines is 1. The lowest BCUT2D eigenvalue weighted by Gasteiger charge is -2.71. The standard InChI is InChI=1S/C39H48N2O4/c1-35-15-12-28(42)24-37(35)18-19-39(29(25-37)34(44)27-8-4-3-5-9-27)32(35)13-16-36(2)33(39)14-17-38(36,45)26-40-20-22-41(23-21-40)30-10-6-7-11-31(30)43/h3-11,18-19,25,28,32-33,42-43,45H,12-17,20-24,26H2,1-2H3. The number of Topliss-reactive ketones (excluding diaryl/α,β-unsaturated/α-hetero) is 1. The molecule has 0 radical (unpaired) electrons. The zero-order valence-electron chi connectivity index (χ0n) is 26.8. The van der Waals surface area contributed by atoms with Gasteiger partial charge in [-0.05, 0) is 74.3 Å². The summed E-state index contributed by atoms with van der Waals surface area (Å²) in [5.41, 5.74) is 0.589. The van der Waals surface area contributed by atoms with Gasteiger partial charge in [0.05, 0.1) is 17.4 Å². The summed E-state index contributed by atoms with van der Waals surface area (Å²) in [6, 6.07) is 17.3. The highest BCUT2D eigenvalue weighted by atomic mass is 16.3. The van der Waals surface area contributed by atoms with Gasteiger partial charge in [-0.25, -0.2) is 0 Å². The minimum atomic E-state index is -0.848. The third-order valence-electron chi connectivity index (χ3n) is 14.1. The van der Waals surface area contributed by atoms with E-state index in [-0.39, 0.29) is 34.1 Å². The van der Waals surface area contributed by atoms with Crippen LogP contribution in [0.1, 0.15) is 69.2 Å². The van der Waals surface area contributed by atoms with Gasteiger partial charge in [0, 0.05) is 60.1 Å². The molecule has 1 aliphatic heterocycles. The molecule has 0 amide bonds. The molecule has 45 heavy (non-hydrogen) atoms. The number of β-amino-alcohol motifs (C(OH)–C–C–N with tert-alkyl or cyclic N) is 1. The lowest BCUT2D eigenvalue weighted by atomic mass is 9.32. The van der Waals surface area contributed by atoms with Crippen LogP contribution < -0.4 is 4.90 Å².